The topological polar surface area (TPSA) is 59.8 Å². The van der Waals surface area contributed by atoms with Crippen molar-refractivity contribution in [3.05, 3.63) is 51.7 Å². The van der Waals surface area contributed by atoms with E-state index in [1.807, 2.05) is 26.0 Å². The normalized spacial score (nSPS) is 12.2. The molecule has 6 heteroatoms. The van der Waals surface area contributed by atoms with Crippen LogP contribution in [0.5, 0.6) is 0 Å². The van der Waals surface area contributed by atoms with Crippen LogP contribution in [0.1, 0.15) is 31.9 Å². The summed E-state index contributed by atoms with van der Waals surface area (Å²) in [6.45, 7) is 4.54. The molecular formula is C14H17ClN4O. The summed E-state index contributed by atoms with van der Waals surface area (Å²) in [5.41, 5.74) is 1.35. The summed E-state index contributed by atoms with van der Waals surface area (Å²) < 4.78 is 1.38. The Morgan fingerprint density at radius 1 is 1.40 bits per heavy atom. The SMILES string of the molecule is CCCn1ncc(NC(C)c2ccncc2)c(Cl)c1=O. The molecule has 0 saturated carbocycles. The predicted octanol–water partition coefficient (Wildman–Crippen LogP) is 2.87. The van der Waals surface area contributed by atoms with Gasteiger partial charge >= 0.3 is 0 Å². The van der Waals surface area contributed by atoms with Gasteiger partial charge in [-0.05, 0) is 31.0 Å². The molecule has 0 spiro atoms. The van der Waals surface area contributed by atoms with Crippen molar-refractivity contribution in [2.75, 3.05) is 5.32 Å². The average molecular weight is 293 g/mol. The maximum absolute atomic E-state index is 12.0. The van der Waals surface area contributed by atoms with E-state index in [9.17, 15) is 4.79 Å². The van der Waals surface area contributed by atoms with Crippen LogP contribution in [0.4, 0.5) is 5.69 Å². The van der Waals surface area contributed by atoms with E-state index in [0.717, 1.165) is 12.0 Å². The molecule has 0 amide bonds. The summed E-state index contributed by atoms with van der Waals surface area (Å²) in [7, 11) is 0. The third kappa shape index (κ3) is 3.17. The number of anilines is 1. The Kier molecular flexibility index (Phi) is 4.74. The van der Waals surface area contributed by atoms with Crippen molar-refractivity contribution in [2.45, 2.75) is 32.9 Å². The molecule has 1 atom stereocenters. The van der Waals surface area contributed by atoms with Crippen molar-refractivity contribution in [2.24, 2.45) is 0 Å². The first-order chi connectivity index (χ1) is 9.63. The smallest absolute Gasteiger partial charge is 0.287 e. The van der Waals surface area contributed by atoms with Gasteiger partial charge in [0.25, 0.3) is 5.56 Å². The predicted molar refractivity (Wildman–Crippen MR) is 80.1 cm³/mol. The number of aromatic nitrogens is 3. The Labute approximate surface area is 122 Å². The van der Waals surface area contributed by atoms with Crippen molar-refractivity contribution in [1.29, 1.82) is 0 Å². The van der Waals surface area contributed by atoms with E-state index in [-0.39, 0.29) is 16.6 Å². The summed E-state index contributed by atoms with van der Waals surface area (Å²) in [6.07, 6.45) is 5.89. The number of hydrogen-bond donors (Lipinski definition) is 1. The molecule has 106 valence electrons. The Balaban J connectivity index is 2.22. The quantitative estimate of drug-likeness (QED) is 0.920. The number of pyridine rings is 1. The third-order valence-corrected chi connectivity index (χ3v) is 3.36. The third-order valence-electron chi connectivity index (χ3n) is 3.00. The molecule has 0 aliphatic heterocycles. The van der Waals surface area contributed by atoms with E-state index in [0.29, 0.717) is 12.2 Å². The van der Waals surface area contributed by atoms with Crippen LogP contribution < -0.4 is 10.9 Å². The van der Waals surface area contributed by atoms with Gasteiger partial charge in [0.05, 0.1) is 11.9 Å². The molecule has 0 saturated heterocycles. The summed E-state index contributed by atoms with van der Waals surface area (Å²) in [6, 6.07) is 3.84. The van der Waals surface area contributed by atoms with Crippen LogP contribution in [0.15, 0.2) is 35.5 Å². The molecule has 1 N–H and O–H groups in total. The van der Waals surface area contributed by atoms with E-state index in [4.69, 9.17) is 11.6 Å². The number of halogens is 1. The van der Waals surface area contributed by atoms with Crippen LogP contribution in [-0.2, 0) is 6.54 Å². The van der Waals surface area contributed by atoms with E-state index in [1.165, 1.54) is 4.68 Å². The lowest BCUT2D eigenvalue weighted by Gasteiger charge is -2.16. The number of hydrogen-bond acceptors (Lipinski definition) is 4. The first-order valence-corrected chi connectivity index (χ1v) is 6.93. The lowest BCUT2D eigenvalue weighted by Crippen LogP contribution is -2.24. The largest absolute Gasteiger partial charge is 0.376 e. The van der Waals surface area contributed by atoms with Gasteiger partial charge < -0.3 is 5.32 Å². The zero-order valence-electron chi connectivity index (χ0n) is 11.5. The maximum atomic E-state index is 12.0. The van der Waals surface area contributed by atoms with Gasteiger partial charge in [0.2, 0.25) is 0 Å². The first kappa shape index (κ1) is 14.5. The second-order valence-electron chi connectivity index (χ2n) is 4.55. The highest BCUT2D eigenvalue weighted by atomic mass is 35.5. The molecule has 2 heterocycles. The fourth-order valence-corrected chi connectivity index (χ4v) is 2.11. The second-order valence-corrected chi connectivity index (χ2v) is 4.93. The molecule has 0 aromatic carbocycles. The van der Waals surface area contributed by atoms with Gasteiger partial charge in [-0.1, -0.05) is 18.5 Å². The molecule has 0 aliphatic carbocycles. The van der Waals surface area contributed by atoms with Crippen LogP contribution in [0, 0.1) is 0 Å². The molecule has 0 radical (unpaired) electrons. The summed E-state index contributed by atoms with van der Waals surface area (Å²) in [4.78, 5) is 16.0. The Morgan fingerprint density at radius 2 is 2.10 bits per heavy atom. The number of nitrogens with zero attached hydrogens (tertiary/aromatic N) is 3. The minimum atomic E-state index is -0.263. The van der Waals surface area contributed by atoms with E-state index < -0.39 is 0 Å². The summed E-state index contributed by atoms with van der Waals surface area (Å²) in [5, 5.41) is 7.50. The van der Waals surface area contributed by atoms with Crippen molar-refractivity contribution in [3.8, 4) is 0 Å². The van der Waals surface area contributed by atoms with Gasteiger partial charge in [-0.2, -0.15) is 5.10 Å². The number of aryl methyl sites for hydroxylation is 1. The number of rotatable bonds is 5. The summed E-state index contributed by atoms with van der Waals surface area (Å²) >= 11 is 6.12. The van der Waals surface area contributed by atoms with Crippen molar-refractivity contribution in [1.82, 2.24) is 14.8 Å². The molecule has 0 bridgehead atoms. The Morgan fingerprint density at radius 3 is 2.75 bits per heavy atom. The number of nitrogens with one attached hydrogen (secondary N) is 1. The molecule has 1 unspecified atom stereocenters. The standard InChI is InChI=1S/C14H17ClN4O/c1-3-8-19-14(20)13(15)12(9-17-19)18-10(2)11-4-6-16-7-5-11/h4-7,9-10,18H,3,8H2,1-2H3. The highest BCUT2D eigenvalue weighted by Crippen LogP contribution is 2.22. The second kappa shape index (κ2) is 6.52. The van der Waals surface area contributed by atoms with E-state index >= 15 is 0 Å². The minimum absolute atomic E-state index is 0.0127. The van der Waals surface area contributed by atoms with Crippen LogP contribution in [0.2, 0.25) is 5.02 Å². The zero-order valence-corrected chi connectivity index (χ0v) is 12.3. The molecule has 2 aromatic rings. The molecule has 20 heavy (non-hydrogen) atoms. The van der Waals surface area contributed by atoms with Gasteiger partial charge in [-0.15, -0.1) is 0 Å². The molecule has 2 aromatic heterocycles. The highest BCUT2D eigenvalue weighted by Gasteiger charge is 2.12. The fourth-order valence-electron chi connectivity index (χ4n) is 1.91. The lowest BCUT2D eigenvalue weighted by molar-refractivity contribution is 0.568. The first-order valence-electron chi connectivity index (χ1n) is 6.55. The van der Waals surface area contributed by atoms with Gasteiger partial charge in [0, 0.05) is 25.0 Å². The van der Waals surface area contributed by atoms with E-state index in [1.54, 1.807) is 18.6 Å². The molecular weight excluding hydrogens is 276 g/mol. The van der Waals surface area contributed by atoms with Crippen LogP contribution in [-0.4, -0.2) is 14.8 Å². The van der Waals surface area contributed by atoms with Gasteiger partial charge in [0.15, 0.2) is 0 Å². The Bertz CT molecular complexity index is 627. The molecule has 0 fully saturated rings. The van der Waals surface area contributed by atoms with Gasteiger partial charge in [-0.3, -0.25) is 9.78 Å². The van der Waals surface area contributed by atoms with Crippen LogP contribution >= 0.6 is 11.6 Å². The van der Waals surface area contributed by atoms with Crippen LogP contribution in [0.25, 0.3) is 0 Å². The minimum Gasteiger partial charge on any atom is -0.376 e. The van der Waals surface area contributed by atoms with Gasteiger partial charge in [-0.25, -0.2) is 4.68 Å². The highest BCUT2D eigenvalue weighted by molar-refractivity contribution is 6.32. The Hall–Kier alpha value is -1.88. The maximum Gasteiger partial charge on any atom is 0.287 e. The average Bonchev–Trinajstić information content (AvgIpc) is 2.48. The lowest BCUT2D eigenvalue weighted by atomic mass is 10.1. The molecule has 5 nitrogen and oxygen atoms in total. The zero-order chi connectivity index (χ0) is 14.5. The molecule has 2 rings (SSSR count). The van der Waals surface area contributed by atoms with Crippen molar-refractivity contribution in [3.63, 3.8) is 0 Å². The fraction of sp³-hybridized carbons (Fsp3) is 0.357. The van der Waals surface area contributed by atoms with Gasteiger partial charge in [0.1, 0.15) is 5.02 Å². The van der Waals surface area contributed by atoms with Crippen molar-refractivity contribution >= 4 is 17.3 Å². The summed E-state index contributed by atoms with van der Waals surface area (Å²) in [5.74, 6) is 0. The molecule has 0 aliphatic rings. The van der Waals surface area contributed by atoms with Crippen molar-refractivity contribution < 1.29 is 0 Å². The van der Waals surface area contributed by atoms with E-state index in [2.05, 4.69) is 15.4 Å². The van der Waals surface area contributed by atoms with Crippen LogP contribution in [0.3, 0.4) is 0 Å². The monoisotopic (exact) mass is 292 g/mol.